The van der Waals surface area contributed by atoms with Gasteiger partial charge in [-0.2, -0.15) is 0 Å². The third kappa shape index (κ3) is 5.28. The van der Waals surface area contributed by atoms with Crippen LogP contribution in [-0.2, 0) is 16.6 Å². The van der Waals surface area contributed by atoms with Crippen molar-refractivity contribution in [3.05, 3.63) is 89.2 Å². The monoisotopic (exact) mass is 442 g/mol. The fourth-order valence-electron chi connectivity index (χ4n) is 2.82. The molecule has 0 unspecified atom stereocenters. The van der Waals surface area contributed by atoms with E-state index in [2.05, 4.69) is 5.32 Å². The van der Waals surface area contributed by atoms with Crippen molar-refractivity contribution in [2.45, 2.75) is 18.4 Å². The molecule has 0 bridgehead atoms. The van der Waals surface area contributed by atoms with Crippen molar-refractivity contribution in [1.29, 1.82) is 0 Å². The molecular weight excluding hydrogens is 419 g/mol. The smallest absolute Gasteiger partial charge is 0.259 e. The lowest BCUT2D eigenvalue weighted by Gasteiger charge is -2.15. The standard InChI is InChI=1S/C23H23FN2O4S/c1-16-8-13-19(31(28,29)26(2)3)14-21(16)25-23(27)20-6-4-5-7-22(20)30-15-17-9-11-18(24)12-10-17/h4-14H,15H2,1-3H3,(H,25,27). The normalized spacial score (nSPS) is 11.4. The Kier molecular flexibility index (Phi) is 6.72. The lowest BCUT2D eigenvalue weighted by molar-refractivity contribution is 0.102. The minimum Gasteiger partial charge on any atom is -0.488 e. The Labute approximate surface area is 181 Å². The largest absolute Gasteiger partial charge is 0.488 e. The van der Waals surface area contributed by atoms with Crippen molar-refractivity contribution < 1.29 is 22.3 Å². The van der Waals surface area contributed by atoms with Crippen molar-refractivity contribution in [2.24, 2.45) is 0 Å². The van der Waals surface area contributed by atoms with Crippen LogP contribution in [0, 0.1) is 12.7 Å². The number of hydrogen-bond acceptors (Lipinski definition) is 4. The maximum atomic E-state index is 13.1. The molecule has 1 N–H and O–H groups in total. The van der Waals surface area contributed by atoms with E-state index in [1.165, 1.54) is 38.4 Å². The maximum absolute atomic E-state index is 13.1. The molecule has 8 heteroatoms. The first-order chi connectivity index (χ1) is 14.7. The summed E-state index contributed by atoms with van der Waals surface area (Å²) in [7, 11) is -0.743. The van der Waals surface area contributed by atoms with Gasteiger partial charge in [-0.1, -0.05) is 30.3 Å². The summed E-state index contributed by atoms with van der Waals surface area (Å²) >= 11 is 0. The Morgan fingerprint density at radius 1 is 1.03 bits per heavy atom. The minimum atomic E-state index is -3.64. The first-order valence-corrected chi connectivity index (χ1v) is 10.9. The van der Waals surface area contributed by atoms with E-state index in [1.807, 2.05) is 0 Å². The van der Waals surface area contributed by atoms with Gasteiger partial charge in [-0.3, -0.25) is 4.79 Å². The topological polar surface area (TPSA) is 75.7 Å². The van der Waals surface area contributed by atoms with E-state index in [9.17, 15) is 17.6 Å². The van der Waals surface area contributed by atoms with Crippen LogP contribution < -0.4 is 10.1 Å². The summed E-state index contributed by atoms with van der Waals surface area (Å²) in [5, 5.41) is 2.77. The van der Waals surface area contributed by atoms with Crippen molar-refractivity contribution in [1.82, 2.24) is 4.31 Å². The first kappa shape index (κ1) is 22.5. The summed E-state index contributed by atoms with van der Waals surface area (Å²) in [6, 6.07) is 17.2. The predicted molar refractivity (Wildman–Crippen MR) is 117 cm³/mol. The van der Waals surface area contributed by atoms with Crippen LogP contribution in [0.3, 0.4) is 0 Å². The number of para-hydroxylation sites is 1. The van der Waals surface area contributed by atoms with E-state index in [4.69, 9.17) is 4.74 Å². The molecule has 0 fully saturated rings. The van der Waals surface area contributed by atoms with Crippen molar-refractivity contribution in [2.75, 3.05) is 19.4 Å². The molecule has 3 rings (SSSR count). The predicted octanol–water partition coefficient (Wildman–Crippen LogP) is 4.22. The van der Waals surface area contributed by atoms with Gasteiger partial charge in [0, 0.05) is 19.8 Å². The number of carbonyl (C=O) groups is 1. The molecule has 3 aromatic rings. The third-order valence-electron chi connectivity index (χ3n) is 4.68. The molecule has 0 radical (unpaired) electrons. The van der Waals surface area contributed by atoms with E-state index < -0.39 is 15.9 Å². The van der Waals surface area contributed by atoms with Gasteiger partial charge in [0.25, 0.3) is 5.91 Å². The number of nitrogens with one attached hydrogen (secondary N) is 1. The average molecular weight is 443 g/mol. The highest BCUT2D eigenvalue weighted by atomic mass is 32.2. The molecule has 0 aliphatic rings. The highest BCUT2D eigenvalue weighted by molar-refractivity contribution is 7.89. The van der Waals surface area contributed by atoms with E-state index in [1.54, 1.807) is 49.4 Å². The first-order valence-electron chi connectivity index (χ1n) is 9.49. The quantitative estimate of drug-likeness (QED) is 0.595. The molecule has 0 aliphatic heterocycles. The Hall–Kier alpha value is -3.23. The van der Waals surface area contributed by atoms with Crippen LogP contribution in [0.2, 0.25) is 0 Å². The van der Waals surface area contributed by atoms with Crippen LogP contribution in [0.15, 0.2) is 71.6 Å². The molecule has 1 amide bonds. The van der Waals surface area contributed by atoms with Crippen molar-refractivity contribution >= 4 is 21.6 Å². The van der Waals surface area contributed by atoms with Crippen LogP contribution in [0.1, 0.15) is 21.5 Å². The number of anilines is 1. The number of ether oxygens (including phenoxy) is 1. The zero-order valence-electron chi connectivity index (χ0n) is 17.4. The number of benzene rings is 3. The molecule has 0 aromatic heterocycles. The van der Waals surface area contributed by atoms with Gasteiger partial charge in [-0.25, -0.2) is 17.1 Å². The maximum Gasteiger partial charge on any atom is 0.259 e. The second-order valence-corrected chi connectivity index (χ2v) is 9.28. The number of nitrogens with zero attached hydrogens (tertiary/aromatic N) is 1. The van der Waals surface area contributed by atoms with E-state index in [0.29, 0.717) is 17.0 Å². The lowest BCUT2D eigenvalue weighted by Crippen LogP contribution is -2.22. The van der Waals surface area contributed by atoms with Crippen LogP contribution in [0.25, 0.3) is 0 Å². The van der Waals surface area contributed by atoms with Gasteiger partial charge in [-0.05, 0) is 54.4 Å². The van der Waals surface area contributed by atoms with Gasteiger partial charge in [-0.15, -0.1) is 0 Å². The molecule has 0 aliphatic carbocycles. The molecule has 0 heterocycles. The fraction of sp³-hybridized carbons (Fsp3) is 0.174. The highest BCUT2D eigenvalue weighted by Gasteiger charge is 2.20. The van der Waals surface area contributed by atoms with E-state index >= 15 is 0 Å². The van der Waals surface area contributed by atoms with Gasteiger partial charge in [0.2, 0.25) is 10.0 Å². The molecule has 3 aromatic carbocycles. The molecule has 0 saturated heterocycles. The number of hydrogen-bond donors (Lipinski definition) is 1. The number of carbonyl (C=O) groups excluding carboxylic acids is 1. The average Bonchev–Trinajstić information content (AvgIpc) is 2.74. The fourth-order valence-corrected chi connectivity index (χ4v) is 3.75. The minimum absolute atomic E-state index is 0.0826. The van der Waals surface area contributed by atoms with Gasteiger partial charge in [0.15, 0.2) is 0 Å². The van der Waals surface area contributed by atoms with Crippen molar-refractivity contribution in [3.8, 4) is 5.75 Å². The number of amides is 1. The molecule has 6 nitrogen and oxygen atoms in total. The zero-order valence-corrected chi connectivity index (χ0v) is 18.2. The number of sulfonamides is 1. The van der Waals surface area contributed by atoms with Gasteiger partial charge >= 0.3 is 0 Å². The molecule has 31 heavy (non-hydrogen) atoms. The molecule has 0 saturated carbocycles. The summed E-state index contributed by atoms with van der Waals surface area (Å²) in [5.74, 6) is -0.409. The van der Waals surface area contributed by atoms with Crippen LogP contribution in [0.4, 0.5) is 10.1 Å². The molecule has 0 atom stereocenters. The summed E-state index contributed by atoms with van der Waals surface area (Å²) in [6.45, 7) is 1.94. The summed E-state index contributed by atoms with van der Waals surface area (Å²) in [6.07, 6.45) is 0. The summed E-state index contributed by atoms with van der Waals surface area (Å²) < 4.78 is 44.8. The summed E-state index contributed by atoms with van der Waals surface area (Å²) in [5.41, 5.74) is 2.16. The molecule has 0 spiro atoms. The second kappa shape index (κ2) is 9.28. The zero-order chi connectivity index (χ0) is 22.6. The lowest BCUT2D eigenvalue weighted by atomic mass is 10.1. The van der Waals surface area contributed by atoms with E-state index in [-0.39, 0.29) is 17.3 Å². The molecule has 162 valence electrons. The highest BCUT2D eigenvalue weighted by Crippen LogP contribution is 2.25. The van der Waals surface area contributed by atoms with Crippen LogP contribution in [0.5, 0.6) is 5.75 Å². The SMILES string of the molecule is Cc1ccc(S(=O)(=O)N(C)C)cc1NC(=O)c1ccccc1OCc1ccc(F)cc1. The van der Waals surface area contributed by atoms with Gasteiger partial charge < -0.3 is 10.1 Å². The Morgan fingerprint density at radius 3 is 2.39 bits per heavy atom. The molecular formula is C23H23FN2O4S. The second-order valence-electron chi connectivity index (χ2n) is 7.13. The Morgan fingerprint density at radius 2 is 1.71 bits per heavy atom. The summed E-state index contributed by atoms with van der Waals surface area (Å²) in [4.78, 5) is 13.0. The Bertz CT molecular complexity index is 1190. The third-order valence-corrected chi connectivity index (χ3v) is 6.49. The number of aryl methyl sites for hydroxylation is 1. The number of rotatable bonds is 7. The van der Waals surface area contributed by atoms with Crippen molar-refractivity contribution in [3.63, 3.8) is 0 Å². The van der Waals surface area contributed by atoms with Gasteiger partial charge in [0.05, 0.1) is 10.5 Å². The van der Waals surface area contributed by atoms with Crippen LogP contribution >= 0.6 is 0 Å². The van der Waals surface area contributed by atoms with Crippen LogP contribution in [-0.4, -0.2) is 32.7 Å². The number of halogens is 1. The van der Waals surface area contributed by atoms with Gasteiger partial charge in [0.1, 0.15) is 18.2 Å². The van der Waals surface area contributed by atoms with E-state index in [0.717, 1.165) is 15.4 Å². The Balaban J connectivity index is 1.82.